The minimum atomic E-state index is -0.697. The summed E-state index contributed by atoms with van der Waals surface area (Å²) in [4.78, 5) is 0. The largest absolute Gasteiger partial charge is 0.396 e. The van der Waals surface area contributed by atoms with Gasteiger partial charge in [0.05, 0.1) is 0 Å². The van der Waals surface area contributed by atoms with Gasteiger partial charge in [0, 0.05) is 18.2 Å². The van der Waals surface area contributed by atoms with Gasteiger partial charge in [-0.15, -0.1) is 12.4 Å². The molecule has 0 radical (unpaired) electrons. The number of nitrogens with two attached hydrogens (primary N) is 1. The van der Waals surface area contributed by atoms with Crippen molar-refractivity contribution in [2.45, 2.75) is 25.8 Å². The van der Waals surface area contributed by atoms with Gasteiger partial charge in [0.15, 0.2) is 0 Å². The lowest BCUT2D eigenvalue weighted by molar-refractivity contribution is 0.278. The zero-order valence-corrected chi connectivity index (χ0v) is 9.86. The van der Waals surface area contributed by atoms with Gasteiger partial charge in [-0.25, -0.2) is 8.78 Å². The molecule has 0 bridgehead atoms. The highest BCUT2D eigenvalue weighted by atomic mass is 35.5. The summed E-state index contributed by atoms with van der Waals surface area (Å²) in [7, 11) is 0. The van der Waals surface area contributed by atoms with Crippen LogP contribution in [0.25, 0.3) is 0 Å². The van der Waals surface area contributed by atoms with Gasteiger partial charge in [-0.1, -0.05) is 6.07 Å². The normalized spacial score (nSPS) is 12.1. The molecule has 1 atom stereocenters. The van der Waals surface area contributed by atoms with Gasteiger partial charge in [-0.05, 0) is 31.4 Å². The molecule has 2 nitrogen and oxygen atoms in total. The molecule has 16 heavy (non-hydrogen) atoms. The lowest BCUT2D eigenvalue weighted by Crippen LogP contribution is -2.15. The Morgan fingerprint density at radius 3 is 2.56 bits per heavy atom. The molecule has 0 spiro atoms. The Morgan fingerprint density at radius 1 is 1.38 bits per heavy atom. The van der Waals surface area contributed by atoms with Crippen LogP contribution < -0.4 is 5.73 Å². The summed E-state index contributed by atoms with van der Waals surface area (Å²) in [6.45, 7) is 1.54. The first-order valence-electron chi connectivity index (χ1n) is 4.89. The molecule has 92 valence electrons. The standard InChI is InChI=1S/C11H15F2NO.ClH/c1-7-4-5-8(12)10(11(7)13)9(14)3-2-6-15;/h4-5,9,15H,2-3,6,14H2,1H3;1H/t9-;/m0./s1. The predicted molar refractivity (Wildman–Crippen MR) is 61.6 cm³/mol. The molecule has 0 amide bonds. The second kappa shape index (κ2) is 6.78. The van der Waals surface area contributed by atoms with Gasteiger partial charge >= 0.3 is 0 Å². The van der Waals surface area contributed by atoms with Crippen LogP contribution in [0.3, 0.4) is 0 Å². The highest BCUT2D eigenvalue weighted by molar-refractivity contribution is 5.85. The number of aliphatic hydroxyl groups is 1. The van der Waals surface area contributed by atoms with Crippen molar-refractivity contribution in [1.82, 2.24) is 0 Å². The molecule has 0 aromatic heterocycles. The van der Waals surface area contributed by atoms with E-state index in [2.05, 4.69) is 0 Å². The third kappa shape index (κ3) is 3.40. The van der Waals surface area contributed by atoms with E-state index in [1.54, 1.807) is 6.92 Å². The molecule has 0 saturated heterocycles. The van der Waals surface area contributed by atoms with Crippen LogP contribution >= 0.6 is 12.4 Å². The molecule has 0 unspecified atom stereocenters. The van der Waals surface area contributed by atoms with Gasteiger partial charge in [0.25, 0.3) is 0 Å². The van der Waals surface area contributed by atoms with Gasteiger partial charge < -0.3 is 10.8 Å². The summed E-state index contributed by atoms with van der Waals surface area (Å²) in [5.41, 5.74) is 5.96. The van der Waals surface area contributed by atoms with Crippen LogP contribution in [0.1, 0.15) is 30.0 Å². The van der Waals surface area contributed by atoms with Crippen molar-refractivity contribution in [1.29, 1.82) is 0 Å². The molecular weight excluding hydrogens is 236 g/mol. The molecule has 3 N–H and O–H groups in total. The van der Waals surface area contributed by atoms with Crippen molar-refractivity contribution in [3.63, 3.8) is 0 Å². The zero-order valence-electron chi connectivity index (χ0n) is 9.04. The number of hydrogen-bond donors (Lipinski definition) is 2. The van der Waals surface area contributed by atoms with Crippen LogP contribution in [0.5, 0.6) is 0 Å². The summed E-state index contributed by atoms with van der Waals surface area (Å²) in [6.07, 6.45) is 0.807. The molecular formula is C11H16ClF2NO. The van der Waals surface area contributed by atoms with Crippen LogP contribution in [-0.4, -0.2) is 11.7 Å². The summed E-state index contributed by atoms with van der Waals surface area (Å²) in [5.74, 6) is -1.20. The monoisotopic (exact) mass is 251 g/mol. The highest BCUT2D eigenvalue weighted by Gasteiger charge is 2.17. The second-order valence-corrected chi connectivity index (χ2v) is 3.56. The topological polar surface area (TPSA) is 46.2 Å². The Kier molecular flexibility index (Phi) is 6.48. The quantitative estimate of drug-likeness (QED) is 0.864. The first-order valence-corrected chi connectivity index (χ1v) is 4.89. The van der Waals surface area contributed by atoms with Crippen molar-refractivity contribution in [2.24, 2.45) is 5.73 Å². The molecule has 0 aliphatic carbocycles. The third-order valence-corrected chi connectivity index (χ3v) is 2.36. The maximum atomic E-state index is 13.6. The van der Waals surface area contributed by atoms with E-state index in [1.807, 2.05) is 0 Å². The van der Waals surface area contributed by atoms with Gasteiger partial charge in [0.1, 0.15) is 11.6 Å². The average molecular weight is 252 g/mol. The summed E-state index contributed by atoms with van der Waals surface area (Å²) >= 11 is 0. The first kappa shape index (κ1) is 15.3. The van der Waals surface area contributed by atoms with Gasteiger partial charge in [-0.3, -0.25) is 0 Å². The van der Waals surface area contributed by atoms with E-state index >= 15 is 0 Å². The van der Waals surface area contributed by atoms with E-state index in [0.717, 1.165) is 0 Å². The molecule has 1 rings (SSSR count). The fraction of sp³-hybridized carbons (Fsp3) is 0.455. The molecule has 1 aromatic rings. The van der Waals surface area contributed by atoms with Gasteiger partial charge in [0.2, 0.25) is 0 Å². The minimum absolute atomic E-state index is 0. The van der Waals surface area contributed by atoms with Crippen molar-refractivity contribution >= 4 is 12.4 Å². The SMILES string of the molecule is Cc1ccc(F)c([C@@H](N)CCCO)c1F.Cl. The number of benzene rings is 1. The molecule has 0 aliphatic rings. The Balaban J connectivity index is 0.00000225. The minimum Gasteiger partial charge on any atom is -0.396 e. The molecule has 0 heterocycles. The molecule has 0 fully saturated rings. The predicted octanol–water partition coefficient (Wildman–Crippen LogP) is 2.47. The number of halogens is 3. The van der Waals surface area contributed by atoms with Crippen molar-refractivity contribution in [3.8, 4) is 0 Å². The van der Waals surface area contributed by atoms with Crippen molar-refractivity contribution < 1.29 is 13.9 Å². The van der Waals surface area contributed by atoms with E-state index in [-0.39, 0.29) is 24.6 Å². The number of aliphatic hydroxyl groups excluding tert-OH is 1. The number of aryl methyl sites for hydroxylation is 1. The summed E-state index contributed by atoms with van der Waals surface area (Å²) in [5, 5.41) is 8.61. The van der Waals surface area contributed by atoms with Crippen LogP contribution in [0.4, 0.5) is 8.78 Å². The molecule has 1 aromatic carbocycles. The van der Waals surface area contributed by atoms with E-state index < -0.39 is 17.7 Å². The smallest absolute Gasteiger partial charge is 0.133 e. The Morgan fingerprint density at radius 2 is 2.00 bits per heavy atom. The van der Waals surface area contributed by atoms with Crippen molar-refractivity contribution in [3.05, 3.63) is 34.9 Å². The molecule has 0 saturated carbocycles. The Labute approximate surface area is 99.9 Å². The van der Waals surface area contributed by atoms with Crippen LogP contribution in [0.15, 0.2) is 12.1 Å². The fourth-order valence-electron chi connectivity index (χ4n) is 1.47. The van der Waals surface area contributed by atoms with E-state index in [4.69, 9.17) is 10.8 Å². The van der Waals surface area contributed by atoms with E-state index in [0.29, 0.717) is 18.4 Å². The first-order chi connectivity index (χ1) is 7.07. The zero-order chi connectivity index (χ0) is 11.4. The average Bonchev–Trinajstić information content (AvgIpc) is 2.21. The van der Waals surface area contributed by atoms with Crippen LogP contribution in [0.2, 0.25) is 0 Å². The van der Waals surface area contributed by atoms with E-state index in [1.165, 1.54) is 12.1 Å². The lowest BCUT2D eigenvalue weighted by Gasteiger charge is -2.14. The summed E-state index contributed by atoms with van der Waals surface area (Å²) in [6, 6.07) is 1.90. The van der Waals surface area contributed by atoms with Crippen LogP contribution in [-0.2, 0) is 0 Å². The highest BCUT2D eigenvalue weighted by Crippen LogP contribution is 2.24. The Hall–Kier alpha value is -0.710. The van der Waals surface area contributed by atoms with E-state index in [9.17, 15) is 8.78 Å². The lowest BCUT2D eigenvalue weighted by atomic mass is 9.99. The van der Waals surface area contributed by atoms with Gasteiger partial charge in [-0.2, -0.15) is 0 Å². The molecule has 0 aliphatic heterocycles. The molecule has 5 heteroatoms. The third-order valence-electron chi connectivity index (χ3n) is 2.36. The number of rotatable bonds is 4. The van der Waals surface area contributed by atoms with Crippen molar-refractivity contribution in [2.75, 3.05) is 6.61 Å². The second-order valence-electron chi connectivity index (χ2n) is 3.56. The van der Waals surface area contributed by atoms with Crippen LogP contribution in [0, 0.1) is 18.6 Å². The number of hydrogen-bond acceptors (Lipinski definition) is 2. The fourth-order valence-corrected chi connectivity index (χ4v) is 1.47. The maximum Gasteiger partial charge on any atom is 0.133 e. The maximum absolute atomic E-state index is 13.6. The Bertz CT molecular complexity index is 347. The summed E-state index contributed by atoms with van der Waals surface area (Å²) < 4.78 is 26.9.